The average Bonchev–Trinajstić information content (AvgIpc) is 2.56. The molecule has 7 nitrogen and oxygen atoms in total. The van der Waals surface area contributed by atoms with Crippen LogP contribution in [0.3, 0.4) is 0 Å². The van der Waals surface area contributed by atoms with E-state index in [0.29, 0.717) is 50.9 Å². The highest BCUT2D eigenvalue weighted by Gasteiger charge is 2.23. The number of nitrogens with zero attached hydrogens (tertiary/aromatic N) is 3. The van der Waals surface area contributed by atoms with Crippen LogP contribution in [0.25, 0.3) is 0 Å². The number of nitrogens with one attached hydrogen (secondary N) is 1. The first kappa shape index (κ1) is 20.3. The standard InChI is InChI=1S/C17H33N5O2/c1-14(2)13-16(24)22-11-9-21(10-12-22)15(23)7-5-4-6-8-20-17(18)19-3/h14H,4-13H2,1-3H3,(H3,18,19,20). The van der Waals surface area contributed by atoms with Crippen LogP contribution >= 0.6 is 0 Å². The Morgan fingerprint density at radius 2 is 1.62 bits per heavy atom. The number of amides is 2. The van der Waals surface area contributed by atoms with Crippen LogP contribution in [0.4, 0.5) is 0 Å². The minimum Gasteiger partial charge on any atom is -0.370 e. The zero-order valence-electron chi connectivity index (χ0n) is 15.4. The molecule has 7 heteroatoms. The molecule has 0 radical (unpaired) electrons. The molecule has 0 aromatic heterocycles. The summed E-state index contributed by atoms with van der Waals surface area (Å²) in [6.45, 7) is 7.54. The summed E-state index contributed by atoms with van der Waals surface area (Å²) in [7, 11) is 1.65. The topological polar surface area (TPSA) is 91.0 Å². The third kappa shape index (κ3) is 7.66. The van der Waals surface area contributed by atoms with E-state index in [-0.39, 0.29) is 11.8 Å². The lowest BCUT2D eigenvalue weighted by Gasteiger charge is -2.35. The Morgan fingerprint density at radius 3 is 2.17 bits per heavy atom. The maximum atomic E-state index is 12.2. The van der Waals surface area contributed by atoms with Gasteiger partial charge in [-0.3, -0.25) is 14.6 Å². The molecule has 1 heterocycles. The number of carbonyl (C=O) groups excluding carboxylic acids is 2. The minimum absolute atomic E-state index is 0.202. The second kappa shape index (κ2) is 10.9. The minimum atomic E-state index is 0.202. The predicted molar refractivity (Wildman–Crippen MR) is 96.6 cm³/mol. The van der Waals surface area contributed by atoms with Gasteiger partial charge in [-0.25, -0.2) is 0 Å². The van der Waals surface area contributed by atoms with Gasteiger partial charge in [0, 0.05) is 52.6 Å². The number of nitrogens with two attached hydrogens (primary N) is 1. The average molecular weight is 339 g/mol. The highest BCUT2D eigenvalue weighted by Crippen LogP contribution is 2.10. The van der Waals surface area contributed by atoms with E-state index in [1.54, 1.807) is 7.05 Å². The summed E-state index contributed by atoms with van der Waals surface area (Å²) in [5.74, 6) is 1.25. The molecule has 1 saturated heterocycles. The van der Waals surface area contributed by atoms with Crippen molar-refractivity contribution in [3.8, 4) is 0 Å². The van der Waals surface area contributed by atoms with E-state index < -0.39 is 0 Å². The Bertz CT molecular complexity index is 429. The summed E-state index contributed by atoms with van der Waals surface area (Å²) in [4.78, 5) is 31.8. The molecule has 0 saturated carbocycles. The first-order valence-corrected chi connectivity index (χ1v) is 8.95. The molecule has 0 bridgehead atoms. The van der Waals surface area contributed by atoms with Gasteiger partial charge in [-0.15, -0.1) is 0 Å². The SMILES string of the molecule is CN=C(N)NCCCCCC(=O)N1CCN(C(=O)CC(C)C)CC1. The lowest BCUT2D eigenvalue weighted by Crippen LogP contribution is -2.50. The van der Waals surface area contributed by atoms with Crippen LogP contribution in [-0.4, -0.2) is 67.3 Å². The third-order valence-electron chi connectivity index (χ3n) is 4.18. The molecule has 0 spiro atoms. The molecule has 1 aliphatic heterocycles. The number of carbonyl (C=O) groups is 2. The Morgan fingerprint density at radius 1 is 1.04 bits per heavy atom. The molecule has 138 valence electrons. The summed E-state index contributed by atoms with van der Waals surface area (Å²) < 4.78 is 0. The quantitative estimate of drug-likeness (QED) is 0.389. The van der Waals surface area contributed by atoms with E-state index in [1.807, 2.05) is 9.80 Å². The van der Waals surface area contributed by atoms with Crippen molar-refractivity contribution in [3.63, 3.8) is 0 Å². The molecular formula is C17H33N5O2. The highest BCUT2D eigenvalue weighted by molar-refractivity contribution is 5.78. The smallest absolute Gasteiger partial charge is 0.222 e. The molecule has 1 fully saturated rings. The van der Waals surface area contributed by atoms with Crippen molar-refractivity contribution in [3.05, 3.63) is 0 Å². The molecule has 0 aliphatic carbocycles. The van der Waals surface area contributed by atoms with Crippen LogP contribution in [-0.2, 0) is 9.59 Å². The van der Waals surface area contributed by atoms with Gasteiger partial charge in [0.2, 0.25) is 11.8 Å². The zero-order chi connectivity index (χ0) is 17.9. The Balaban J connectivity index is 2.14. The fourth-order valence-corrected chi connectivity index (χ4v) is 2.72. The third-order valence-corrected chi connectivity index (χ3v) is 4.18. The maximum Gasteiger partial charge on any atom is 0.222 e. The molecule has 0 atom stereocenters. The summed E-state index contributed by atoms with van der Waals surface area (Å²) in [5, 5.41) is 3.01. The van der Waals surface area contributed by atoms with Gasteiger partial charge in [0.05, 0.1) is 0 Å². The molecule has 0 unspecified atom stereocenters. The molecule has 0 aromatic rings. The first-order valence-electron chi connectivity index (χ1n) is 8.95. The molecule has 2 amide bonds. The number of aliphatic imine (C=N–C) groups is 1. The van der Waals surface area contributed by atoms with E-state index in [2.05, 4.69) is 24.2 Å². The molecule has 0 aromatic carbocycles. The zero-order valence-corrected chi connectivity index (χ0v) is 15.4. The number of hydrogen-bond acceptors (Lipinski definition) is 3. The second-order valence-electron chi connectivity index (χ2n) is 6.71. The van der Waals surface area contributed by atoms with Crippen molar-refractivity contribution in [2.45, 2.75) is 46.0 Å². The Kier molecular flexibility index (Phi) is 9.19. The van der Waals surface area contributed by atoms with Gasteiger partial charge in [0.25, 0.3) is 0 Å². The van der Waals surface area contributed by atoms with Crippen molar-refractivity contribution in [2.24, 2.45) is 16.6 Å². The summed E-state index contributed by atoms with van der Waals surface area (Å²) >= 11 is 0. The van der Waals surface area contributed by atoms with Crippen LogP contribution in [0.15, 0.2) is 4.99 Å². The molecule has 24 heavy (non-hydrogen) atoms. The van der Waals surface area contributed by atoms with Gasteiger partial charge >= 0.3 is 0 Å². The van der Waals surface area contributed by atoms with Gasteiger partial charge in [0.15, 0.2) is 5.96 Å². The number of unbranched alkanes of at least 4 members (excludes halogenated alkanes) is 2. The van der Waals surface area contributed by atoms with E-state index in [1.165, 1.54) is 0 Å². The van der Waals surface area contributed by atoms with E-state index in [9.17, 15) is 9.59 Å². The highest BCUT2D eigenvalue weighted by atomic mass is 16.2. The number of hydrogen-bond donors (Lipinski definition) is 2. The van der Waals surface area contributed by atoms with Crippen molar-refractivity contribution >= 4 is 17.8 Å². The van der Waals surface area contributed by atoms with Gasteiger partial charge in [-0.05, 0) is 18.8 Å². The summed E-state index contributed by atoms with van der Waals surface area (Å²) in [6, 6.07) is 0. The van der Waals surface area contributed by atoms with Crippen molar-refractivity contribution in [1.29, 1.82) is 0 Å². The van der Waals surface area contributed by atoms with E-state index >= 15 is 0 Å². The van der Waals surface area contributed by atoms with Crippen LogP contribution in [0.5, 0.6) is 0 Å². The predicted octanol–water partition coefficient (Wildman–Crippen LogP) is 0.798. The van der Waals surface area contributed by atoms with Crippen LogP contribution in [0, 0.1) is 5.92 Å². The largest absolute Gasteiger partial charge is 0.370 e. The van der Waals surface area contributed by atoms with Gasteiger partial charge in [0.1, 0.15) is 0 Å². The van der Waals surface area contributed by atoms with Crippen molar-refractivity contribution < 1.29 is 9.59 Å². The fraction of sp³-hybridized carbons (Fsp3) is 0.824. The first-order chi connectivity index (χ1) is 11.4. The number of piperazine rings is 1. The lowest BCUT2D eigenvalue weighted by molar-refractivity contribution is -0.140. The molecule has 1 rings (SSSR count). The lowest BCUT2D eigenvalue weighted by atomic mass is 10.1. The van der Waals surface area contributed by atoms with E-state index in [0.717, 1.165) is 25.8 Å². The molecule has 1 aliphatic rings. The Labute approximate surface area is 145 Å². The van der Waals surface area contributed by atoms with Crippen molar-refractivity contribution in [1.82, 2.24) is 15.1 Å². The normalized spacial score (nSPS) is 15.8. The van der Waals surface area contributed by atoms with Gasteiger partial charge in [-0.2, -0.15) is 0 Å². The fourth-order valence-electron chi connectivity index (χ4n) is 2.72. The van der Waals surface area contributed by atoms with Gasteiger partial charge < -0.3 is 20.9 Å². The Hall–Kier alpha value is -1.79. The van der Waals surface area contributed by atoms with Crippen LogP contribution < -0.4 is 11.1 Å². The number of guanidine groups is 1. The maximum absolute atomic E-state index is 12.2. The summed E-state index contributed by atoms with van der Waals surface area (Å²) in [5.41, 5.74) is 5.54. The summed E-state index contributed by atoms with van der Waals surface area (Å²) in [6.07, 6.45) is 4.02. The molecular weight excluding hydrogens is 306 g/mol. The van der Waals surface area contributed by atoms with Crippen molar-refractivity contribution in [2.75, 3.05) is 39.8 Å². The number of rotatable bonds is 8. The van der Waals surface area contributed by atoms with E-state index in [4.69, 9.17) is 5.73 Å². The van der Waals surface area contributed by atoms with Gasteiger partial charge in [-0.1, -0.05) is 20.3 Å². The van der Waals surface area contributed by atoms with Crippen LogP contribution in [0.1, 0.15) is 46.0 Å². The second-order valence-corrected chi connectivity index (χ2v) is 6.71. The molecule has 3 N–H and O–H groups in total. The van der Waals surface area contributed by atoms with Crippen LogP contribution in [0.2, 0.25) is 0 Å². The monoisotopic (exact) mass is 339 g/mol.